The van der Waals surface area contributed by atoms with Gasteiger partial charge in [-0.25, -0.2) is 13.8 Å². The molecular weight excluding hydrogens is 448 g/mol. The first kappa shape index (κ1) is 21.6. The van der Waals surface area contributed by atoms with Crippen LogP contribution in [0.1, 0.15) is 22.3 Å². The van der Waals surface area contributed by atoms with Crippen LogP contribution in [0, 0.1) is 24.5 Å². The van der Waals surface area contributed by atoms with E-state index in [-0.39, 0.29) is 23.0 Å². The molecule has 4 aromatic rings. The van der Waals surface area contributed by atoms with Gasteiger partial charge in [0.05, 0.1) is 29.0 Å². The molecule has 1 amide bonds. The fourth-order valence-electron chi connectivity index (χ4n) is 5.15. The molecule has 2 aromatic carbocycles. The summed E-state index contributed by atoms with van der Waals surface area (Å²) in [5, 5.41) is 0. The number of aryl methyl sites for hydroxylation is 1. The second-order valence-electron chi connectivity index (χ2n) is 9.19. The normalized spacial score (nSPS) is 19.4. The Kier molecular flexibility index (Phi) is 5.16. The Labute approximate surface area is 201 Å². The van der Waals surface area contributed by atoms with Gasteiger partial charge in [0.1, 0.15) is 17.2 Å². The Bertz CT molecular complexity index is 1440. The zero-order valence-electron chi connectivity index (χ0n) is 19.2. The molecule has 2 aliphatic heterocycles. The minimum Gasteiger partial charge on any atom is -0.353 e. The molecule has 2 atom stereocenters. The minimum absolute atomic E-state index is 0.0619. The summed E-state index contributed by atoms with van der Waals surface area (Å²) in [6.07, 6.45) is 4.15. The van der Waals surface area contributed by atoms with E-state index in [1.165, 1.54) is 6.07 Å². The Morgan fingerprint density at radius 3 is 2.74 bits per heavy atom. The standard InChI is InChI=1S/C27H23F2N5O/c1-16-8-9-18(20-6-2-3-11-30-20)24(25(16)29)27(35)34-14-17-10-12-33(15-22(17)34)23-13-31-21-7-4-5-19(28)26(21)32-23/h2-9,11,13,17,22H,10,12,14-15H2,1H3/t17-,22-/m1/s1. The maximum Gasteiger partial charge on any atom is 0.257 e. The Balaban J connectivity index is 1.30. The first-order valence-corrected chi connectivity index (χ1v) is 11.7. The summed E-state index contributed by atoms with van der Waals surface area (Å²) in [6, 6.07) is 13.4. The smallest absolute Gasteiger partial charge is 0.257 e. The number of carbonyl (C=O) groups is 1. The van der Waals surface area contributed by atoms with Crippen LogP contribution in [-0.2, 0) is 0 Å². The number of hydrogen-bond acceptors (Lipinski definition) is 5. The van der Waals surface area contributed by atoms with Crippen LogP contribution in [0.3, 0.4) is 0 Å². The van der Waals surface area contributed by atoms with Crippen molar-refractivity contribution < 1.29 is 13.6 Å². The van der Waals surface area contributed by atoms with Gasteiger partial charge in [-0.15, -0.1) is 0 Å². The maximum atomic E-state index is 15.3. The van der Waals surface area contributed by atoms with E-state index in [0.29, 0.717) is 47.2 Å². The largest absolute Gasteiger partial charge is 0.353 e. The van der Waals surface area contributed by atoms with E-state index in [9.17, 15) is 9.18 Å². The number of fused-ring (bicyclic) bond motifs is 2. The van der Waals surface area contributed by atoms with Crippen molar-refractivity contribution in [2.45, 2.75) is 19.4 Å². The molecule has 0 unspecified atom stereocenters. The van der Waals surface area contributed by atoms with Crippen molar-refractivity contribution in [2.75, 3.05) is 24.5 Å². The second-order valence-corrected chi connectivity index (χ2v) is 9.19. The highest BCUT2D eigenvalue weighted by molar-refractivity contribution is 6.01. The van der Waals surface area contributed by atoms with Crippen LogP contribution in [0.5, 0.6) is 0 Å². The summed E-state index contributed by atoms with van der Waals surface area (Å²) in [6.45, 7) is 3.53. The summed E-state index contributed by atoms with van der Waals surface area (Å²) in [5.74, 6) is -0.331. The van der Waals surface area contributed by atoms with Crippen molar-refractivity contribution in [1.82, 2.24) is 19.9 Å². The van der Waals surface area contributed by atoms with Gasteiger partial charge in [-0.05, 0) is 43.2 Å². The third-order valence-electron chi connectivity index (χ3n) is 7.14. The van der Waals surface area contributed by atoms with E-state index in [0.717, 1.165) is 13.0 Å². The molecule has 0 radical (unpaired) electrons. The summed E-state index contributed by atoms with van der Waals surface area (Å²) < 4.78 is 29.6. The molecule has 176 valence electrons. The zero-order valence-corrected chi connectivity index (χ0v) is 19.2. The molecule has 2 saturated heterocycles. The van der Waals surface area contributed by atoms with Crippen molar-refractivity contribution in [3.05, 3.63) is 83.7 Å². The van der Waals surface area contributed by atoms with Gasteiger partial charge in [0.25, 0.3) is 5.91 Å². The monoisotopic (exact) mass is 471 g/mol. The first-order chi connectivity index (χ1) is 17.0. The number of hydrogen-bond donors (Lipinski definition) is 0. The SMILES string of the molecule is Cc1ccc(-c2ccccn2)c(C(=O)N2C[C@H]3CCN(c4cnc5cccc(F)c5n4)C[C@H]32)c1F. The Morgan fingerprint density at radius 1 is 1.03 bits per heavy atom. The number of pyridine rings is 1. The van der Waals surface area contributed by atoms with Crippen LogP contribution in [0.15, 0.2) is 60.9 Å². The molecule has 2 fully saturated rings. The van der Waals surface area contributed by atoms with Crippen molar-refractivity contribution in [2.24, 2.45) is 5.92 Å². The fraction of sp³-hybridized carbons (Fsp3) is 0.259. The lowest BCUT2D eigenvalue weighted by molar-refractivity contribution is 0.00749. The zero-order chi connectivity index (χ0) is 24.1. The molecule has 6 rings (SSSR count). The molecule has 0 N–H and O–H groups in total. The van der Waals surface area contributed by atoms with Crippen LogP contribution in [-0.4, -0.2) is 51.4 Å². The van der Waals surface area contributed by atoms with E-state index in [4.69, 9.17) is 0 Å². The van der Waals surface area contributed by atoms with Crippen LogP contribution < -0.4 is 4.90 Å². The Hall–Kier alpha value is -3.94. The summed E-state index contributed by atoms with van der Waals surface area (Å²) >= 11 is 0. The molecule has 0 spiro atoms. The van der Waals surface area contributed by atoms with E-state index in [1.807, 2.05) is 11.0 Å². The van der Waals surface area contributed by atoms with Gasteiger partial charge in [0, 0.05) is 37.3 Å². The number of aromatic nitrogens is 3. The molecule has 0 bridgehead atoms. The van der Waals surface area contributed by atoms with Crippen LogP contribution in [0.2, 0.25) is 0 Å². The van der Waals surface area contributed by atoms with Gasteiger partial charge < -0.3 is 9.80 Å². The average molecular weight is 472 g/mol. The molecule has 0 saturated carbocycles. The van der Waals surface area contributed by atoms with Crippen LogP contribution in [0.25, 0.3) is 22.3 Å². The molecule has 35 heavy (non-hydrogen) atoms. The maximum absolute atomic E-state index is 15.3. The van der Waals surface area contributed by atoms with E-state index < -0.39 is 11.6 Å². The summed E-state index contributed by atoms with van der Waals surface area (Å²) in [5.41, 5.74) is 2.27. The van der Waals surface area contributed by atoms with Gasteiger partial charge >= 0.3 is 0 Å². The van der Waals surface area contributed by atoms with Crippen LogP contribution >= 0.6 is 0 Å². The topological polar surface area (TPSA) is 62.2 Å². The third kappa shape index (κ3) is 3.60. The number of halogens is 2. The van der Waals surface area contributed by atoms with E-state index >= 15 is 4.39 Å². The number of likely N-dealkylation sites (tertiary alicyclic amines) is 1. The molecule has 2 aliphatic rings. The highest BCUT2D eigenvalue weighted by atomic mass is 19.1. The van der Waals surface area contributed by atoms with Crippen molar-refractivity contribution in [1.29, 1.82) is 0 Å². The number of benzene rings is 2. The van der Waals surface area contributed by atoms with Crippen molar-refractivity contribution >= 4 is 22.8 Å². The van der Waals surface area contributed by atoms with Gasteiger partial charge in [-0.1, -0.05) is 24.3 Å². The van der Waals surface area contributed by atoms with Crippen molar-refractivity contribution in [3.8, 4) is 11.3 Å². The first-order valence-electron chi connectivity index (χ1n) is 11.7. The molecular formula is C27H23F2N5O. The number of anilines is 1. The number of para-hydroxylation sites is 1. The lowest BCUT2D eigenvalue weighted by atomic mass is 9.81. The van der Waals surface area contributed by atoms with Gasteiger partial charge in [-0.3, -0.25) is 14.8 Å². The lowest BCUT2D eigenvalue weighted by Gasteiger charge is -2.53. The van der Waals surface area contributed by atoms with Gasteiger partial charge in [-0.2, -0.15) is 0 Å². The number of carbonyl (C=O) groups excluding carboxylic acids is 1. The molecule has 8 heteroatoms. The highest BCUT2D eigenvalue weighted by Crippen LogP contribution is 2.37. The van der Waals surface area contributed by atoms with Gasteiger partial charge in [0.15, 0.2) is 5.82 Å². The molecule has 6 nitrogen and oxygen atoms in total. The fourth-order valence-corrected chi connectivity index (χ4v) is 5.15. The highest BCUT2D eigenvalue weighted by Gasteiger charge is 2.46. The third-order valence-corrected chi connectivity index (χ3v) is 7.14. The molecule has 2 aromatic heterocycles. The van der Waals surface area contributed by atoms with E-state index in [1.54, 1.807) is 60.6 Å². The number of rotatable bonds is 3. The van der Waals surface area contributed by atoms with Crippen molar-refractivity contribution in [3.63, 3.8) is 0 Å². The predicted octanol–water partition coefficient (Wildman–Crippen LogP) is 4.63. The predicted molar refractivity (Wildman–Crippen MR) is 129 cm³/mol. The molecule has 0 aliphatic carbocycles. The lowest BCUT2D eigenvalue weighted by Crippen LogP contribution is -2.66. The van der Waals surface area contributed by atoms with Crippen LogP contribution in [0.4, 0.5) is 14.6 Å². The summed E-state index contributed by atoms with van der Waals surface area (Å²) in [7, 11) is 0. The Morgan fingerprint density at radius 2 is 1.91 bits per heavy atom. The van der Waals surface area contributed by atoms with Gasteiger partial charge in [0.2, 0.25) is 0 Å². The number of nitrogens with zero attached hydrogens (tertiary/aromatic N) is 5. The minimum atomic E-state index is -0.509. The number of piperidine rings is 1. The second kappa shape index (κ2) is 8.37. The average Bonchev–Trinajstić information content (AvgIpc) is 2.87. The summed E-state index contributed by atoms with van der Waals surface area (Å²) in [4.78, 5) is 30.7. The molecule has 4 heterocycles. The number of amides is 1. The quantitative estimate of drug-likeness (QED) is 0.436. The van der Waals surface area contributed by atoms with E-state index in [2.05, 4.69) is 15.0 Å².